The summed E-state index contributed by atoms with van der Waals surface area (Å²) in [6.07, 6.45) is 0.910. The van der Waals surface area contributed by atoms with Crippen molar-refractivity contribution < 1.29 is 19.1 Å². The molecule has 110 valence electrons. The molecule has 0 radical (unpaired) electrons. The van der Waals surface area contributed by atoms with Gasteiger partial charge in [-0.05, 0) is 32.4 Å². The van der Waals surface area contributed by atoms with E-state index in [1.807, 2.05) is 30.3 Å². The first kappa shape index (κ1) is 16.0. The van der Waals surface area contributed by atoms with Crippen LogP contribution in [0.1, 0.15) is 26.7 Å². The van der Waals surface area contributed by atoms with Crippen LogP contribution in [0.5, 0.6) is 5.75 Å². The summed E-state index contributed by atoms with van der Waals surface area (Å²) in [6.45, 7) is 4.11. The molecular formula is C15H21NO4. The number of amides is 1. The van der Waals surface area contributed by atoms with E-state index in [1.54, 1.807) is 13.8 Å². The Kier molecular flexibility index (Phi) is 7.17. The zero-order valence-electron chi connectivity index (χ0n) is 11.9. The molecule has 20 heavy (non-hydrogen) atoms. The van der Waals surface area contributed by atoms with Gasteiger partial charge in [0.1, 0.15) is 11.8 Å². The zero-order chi connectivity index (χ0) is 14.8. The Hall–Kier alpha value is -2.04. The summed E-state index contributed by atoms with van der Waals surface area (Å²) in [5.41, 5.74) is 0. The average molecular weight is 279 g/mol. The molecule has 5 heteroatoms. The van der Waals surface area contributed by atoms with Gasteiger partial charge in [-0.1, -0.05) is 18.2 Å². The standard InChI is InChI=1S/C15H21NO4/c1-3-19-15(18)12(2)16-14(17)10-7-11-20-13-8-5-4-6-9-13/h4-6,8-9,12H,3,7,10-11H2,1-2H3,(H,16,17). The third kappa shape index (κ3) is 6.22. The minimum atomic E-state index is -0.613. The van der Waals surface area contributed by atoms with E-state index in [4.69, 9.17) is 9.47 Å². The van der Waals surface area contributed by atoms with Crippen molar-refractivity contribution in [1.82, 2.24) is 5.32 Å². The summed E-state index contributed by atoms with van der Waals surface area (Å²) >= 11 is 0. The first-order valence-electron chi connectivity index (χ1n) is 6.77. The number of esters is 1. The van der Waals surface area contributed by atoms with Gasteiger partial charge in [0, 0.05) is 6.42 Å². The smallest absolute Gasteiger partial charge is 0.328 e. The van der Waals surface area contributed by atoms with Gasteiger partial charge in [-0.15, -0.1) is 0 Å². The van der Waals surface area contributed by atoms with Crippen LogP contribution in [0.25, 0.3) is 0 Å². The second kappa shape index (κ2) is 8.96. The maximum absolute atomic E-state index is 11.6. The molecule has 0 aliphatic carbocycles. The van der Waals surface area contributed by atoms with E-state index in [2.05, 4.69) is 5.32 Å². The van der Waals surface area contributed by atoms with E-state index in [-0.39, 0.29) is 5.91 Å². The normalized spacial score (nSPS) is 11.5. The summed E-state index contributed by atoms with van der Waals surface area (Å²) < 4.78 is 10.3. The largest absolute Gasteiger partial charge is 0.494 e. The molecule has 0 bridgehead atoms. The average Bonchev–Trinajstić information content (AvgIpc) is 2.45. The predicted octanol–water partition coefficient (Wildman–Crippen LogP) is 1.91. The molecule has 0 spiro atoms. The maximum atomic E-state index is 11.6. The van der Waals surface area contributed by atoms with Gasteiger partial charge < -0.3 is 14.8 Å². The van der Waals surface area contributed by atoms with Crippen LogP contribution in [0.15, 0.2) is 30.3 Å². The molecule has 1 N–H and O–H groups in total. The molecule has 0 aliphatic rings. The van der Waals surface area contributed by atoms with E-state index >= 15 is 0 Å². The first-order valence-corrected chi connectivity index (χ1v) is 6.77. The van der Waals surface area contributed by atoms with Crippen molar-refractivity contribution in [2.45, 2.75) is 32.7 Å². The minimum absolute atomic E-state index is 0.179. The molecule has 1 rings (SSSR count). The van der Waals surface area contributed by atoms with Crippen molar-refractivity contribution in [3.05, 3.63) is 30.3 Å². The van der Waals surface area contributed by atoms with Crippen LogP contribution in [0.3, 0.4) is 0 Å². The lowest BCUT2D eigenvalue weighted by molar-refractivity contribution is -0.146. The fourth-order valence-corrected chi connectivity index (χ4v) is 1.58. The molecule has 1 atom stereocenters. The van der Waals surface area contributed by atoms with Crippen molar-refractivity contribution in [3.8, 4) is 5.75 Å². The van der Waals surface area contributed by atoms with Crippen LogP contribution in [0.2, 0.25) is 0 Å². The Morgan fingerprint density at radius 2 is 1.95 bits per heavy atom. The number of hydrogen-bond donors (Lipinski definition) is 1. The van der Waals surface area contributed by atoms with E-state index in [9.17, 15) is 9.59 Å². The number of para-hydroxylation sites is 1. The number of benzene rings is 1. The Balaban J connectivity index is 2.15. The second-order valence-corrected chi connectivity index (χ2v) is 4.31. The molecule has 1 aromatic rings. The summed E-state index contributed by atoms with van der Waals surface area (Å²) in [4.78, 5) is 22.9. The van der Waals surface area contributed by atoms with Crippen LogP contribution in [0.4, 0.5) is 0 Å². The molecule has 0 aliphatic heterocycles. The van der Waals surface area contributed by atoms with Gasteiger partial charge in [-0.2, -0.15) is 0 Å². The molecule has 1 amide bonds. The topological polar surface area (TPSA) is 64.6 Å². The quantitative estimate of drug-likeness (QED) is 0.583. The van der Waals surface area contributed by atoms with Gasteiger partial charge in [0.05, 0.1) is 13.2 Å². The monoisotopic (exact) mass is 279 g/mol. The lowest BCUT2D eigenvalue weighted by Gasteiger charge is -2.12. The van der Waals surface area contributed by atoms with Gasteiger partial charge in [-0.25, -0.2) is 4.79 Å². The van der Waals surface area contributed by atoms with E-state index in [1.165, 1.54) is 0 Å². The van der Waals surface area contributed by atoms with Gasteiger partial charge in [0.2, 0.25) is 5.91 Å². The molecule has 0 saturated carbocycles. The van der Waals surface area contributed by atoms with Gasteiger partial charge in [-0.3, -0.25) is 4.79 Å². The number of nitrogens with one attached hydrogen (secondary N) is 1. The highest BCUT2D eigenvalue weighted by atomic mass is 16.5. The van der Waals surface area contributed by atoms with Gasteiger partial charge in [0.15, 0.2) is 0 Å². The van der Waals surface area contributed by atoms with Crippen LogP contribution >= 0.6 is 0 Å². The Labute approximate surface area is 119 Å². The Morgan fingerprint density at radius 3 is 2.60 bits per heavy atom. The summed E-state index contributed by atoms with van der Waals surface area (Å²) in [5, 5.41) is 2.59. The first-order chi connectivity index (χ1) is 9.63. The number of carbonyl (C=O) groups excluding carboxylic acids is 2. The fourth-order valence-electron chi connectivity index (χ4n) is 1.58. The lowest BCUT2D eigenvalue weighted by Crippen LogP contribution is -2.39. The molecule has 0 saturated heterocycles. The van der Waals surface area contributed by atoms with Crippen molar-refractivity contribution in [2.75, 3.05) is 13.2 Å². The predicted molar refractivity (Wildman–Crippen MR) is 75.4 cm³/mol. The molecule has 0 heterocycles. The summed E-state index contributed by atoms with van der Waals surface area (Å²) in [7, 11) is 0. The van der Waals surface area contributed by atoms with Crippen molar-refractivity contribution in [1.29, 1.82) is 0 Å². The highest BCUT2D eigenvalue weighted by molar-refractivity contribution is 5.84. The van der Waals surface area contributed by atoms with E-state index in [0.29, 0.717) is 26.1 Å². The Morgan fingerprint density at radius 1 is 1.25 bits per heavy atom. The highest BCUT2D eigenvalue weighted by Gasteiger charge is 2.15. The molecule has 5 nitrogen and oxygen atoms in total. The van der Waals surface area contributed by atoms with E-state index < -0.39 is 12.0 Å². The van der Waals surface area contributed by atoms with Gasteiger partial charge in [0.25, 0.3) is 0 Å². The maximum Gasteiger partial charge on any atom is 0.328 e. The molecule has 0 aromatic heterocycles. The molecule has 1 aromatic carbocycles. The van der Waals surface area contributed by atoms with Crippen LogP contribution in [-0.4, -0.2) is 31.1 Å². The molecule has 1 unspecified atom stereocenters. The number of carbonyl (C=O) groups is 2. The van der Waals surface area contributed by atoms with Crippen LogP contribution in [0, 0.1) is 0 Å². The highest BCUT2D eigenvalue weighted by Crippen LogP contribution is 2.08. The third-order valence-electron chi connectivity index (χ3n) is 2.58. The number of rotatable bonds is 8. The minimum Gasteiger partial charge on any atom is -0.494 e. The van der Waals surface area contributed by atoms with Gasteiger partial charge >= 0.3 is 5.97 Å². The Bertz CT molecular complexity index is 419. The van der Waals surface area contributed by atoms with E-state index in [0.717, 1.165) is 5.75 Å². The summed E-state index contributed by atoms with van der Waals surface area (Å²) in [5.74, 6) is 0.191. The van der Waals surface area contributed by atoms with Crippen molar-refractivity contribution in [2.24, 2.45) is 0 Å². The number of ether oxygens (including phenoxy) is 2. The third-order valence-corrected chi connectivity index (χ3v) is 2.58. The number of hydrogen-bond acceptors (Lipinski definition) is 4. The van der Waals surface area contributed by atoms with Crippen molar-refractivity contribution >= 4 is 11.9 Å². The SMILES string of the molecule is CCOC(=O)C(C)NC(=O)CCCOc1ccccc1. The molecule has 0 fully saturated rings. The fraction of sp³-hybridized carbons (Fsp3) is 0.467. The summed E-state index contributed by atoms with van der Waals surface area (Å²) in [6, 6.07) is 8.81. The second-order valence-electron chi connectivity index (χ2n) is 4.31. The molecular weight excluding hydrogens is 258 g/mol. The van der Waals surface area contributed by atoms with Crippen LogP contribution in [-0.2, 0) is 14.3 Å². The van der Waals surface area contributed by atoms with Crippen molar-refractivity contribution in [3.63, 3.8) is 0 Å². The zero-order valence-corrected chi connectivity index (χ0v) is 11.9. The van der Waals surface area contributed by atoms with Crippen LogP contribution < -0.4 is 10.1 Å². The lowest BCUT2D eigenvalue weighted by atomic mass is 10.2.